The fourth-order valence-corrected chi connectivity index (χ4v) is 2.23. The van der Waals surface area contributed by atoms with E-state index in [1.165, 1.54) is 0 Å². The molecule has 0 spiro atoms. The second kappa shape index (κ2) is 4.68. The van der Waals surface area contributed by atoms with E-state index in [0.717, 1.165) is 17.0 Å². The predicted molar refractivity (Wildman–Crippen MR) is 81.8 cm³/mol. The molecule has 0 unspecified atom stereocenters. The van der Waals surface area contributed by atoms with Crippen LogP contribution in [0.5, 0.6) is 0 Å². The Morgan fingerprint density at radius 2 is 1.76 bits per heavy atom. The smallest absolute Gasteiger partial charge is 0.398 e. The van der Waals surface area contributed by atoms with Crippen LogP contribution in [0.3, 0.4) is 0 Å². The minimum Gasteiger partial charge on any atom is -0.398 e. The van der Waals surface area contributed by atoms with Crippen LogP contribution in [-0.4, -0.2) is 33.1 Å². The third kappa shape index (κ3) is 2.49. The van der Waals surface area contributed by atoms with E-state index in [-0.39, 0.29) is 11.2 Å². The maximum atomic E-state index is 6.03. The molecule has 0 bridgehead atoms. The average Bonchev–Trinajstić information content (AvgIpc) is 2.92. The van der Waals surface area contributed by atoms with Crippen molar-refractivity contribution in [3.05, 3.63) is 36.3 Å². The highest BCUT2D eigenvalue weighted by Gasteiger charge is 2.52. The molecular formula is C15H20BN3O2. The molecular weight excluding hydrogens is 265 g/mol. The number of hydrogen-bond acceptors (Lipinski definition) is 4. The van der Waals surface area contributed by atoms with Crippen LogP contribution in [0.4, 0.5) is 0 Å². The summed E-state index contributed by atoms with van der Waals surface area (Å²) in [5.41, 5.74) is 1.96. The lowest BCUT2D eigenvalue weighted by Gasteiger charge is -2.32. The van der Waals surface area contributed by atoms with Crippen molar-refractivity contribution < 1.29 is 9.31 Å². The molecule has 1 saturated heterocycles. The van der Waals surface area contributed by atoms with Gasteiger partial charge in [0.2, 0.25) is 0 Å². The summed E-state index contributed by atoms with van der Waals surface area (Å²) in [7, 11) is -0.452. The fourth-order valence-electron chi connectivity index (χ4n) is 2.23. The van der Waals surface area contributed by atoms with Gasteiger partial charge in [-0.05, 0) is 52.8 Å². The Hall–Kier alpha value is -1.66. The summed E-state index contributed by atoms with van der Waals surface area (Å²) in [5.74, 6) is 0. The highest BCUT2D eigenvalue weighted by molar-refractivity contribution is 6.61. The minimum atomic E-state index is -0.452. The summed E-state index contributed by atoms with van der Waals surface area (Å²) in [4.78, 5) is 4.39. The molecule has 0 amide bonds. The summed E-state index contributed by atoms with van der Waals surface area (Å²) < 4.78 is 13.9. The Kier molecular flexibility index (Phi) is 3.18. The highest BCUT2D eigenvalue weighted by atomic mass is 16.7. The van der Waals surface area contributed by atoms with Crippen LogP contribution in [0.1, 0.15) is 33.4 Å². The molecule has 1 aliphatic heterocycles. The molecule has 1 fully saturated rings. The van der Waals surface area contributed by atoms with Crippen molar-refractivity contribution in [2.24, 2.45) is 0 Å². The molecule has 110 valence electrons. The lowest BCUT2D eigenvalue weighted by Crippen LogP contribution is -2.41. The number of aryl methyl sites for hydroxylation is 1. The van der Waals surface area contributed by atoms with Crippen LogP contribution in [0.2, 0.25) is 0 Å². The quantitative estimate of drug-likeness (QED) is 0.790. The highest BCUT2D eigenvalue weighted by Crippen LogP contribution is 2.36. The molecule has 6 heteroatoms. The molecule has 0 saturated carbocycles. The van der Waals surface area contributed by atoms with Gasteiger partial charge in [0.25, 0.3) is 0 Å². The van der Waals surface area contributed by atoms with E-state index in [1.807, 2.05) is 63.7 Å². The van der Waals surface area contributed by atoms with Gasteiger partial charge in [0.15, 0.2) is 0 Å². The van der Waals surface area contributed by atoms with Crippen molar-refractivity contribution >= 4 is 12.7 Å². The Morgan fingerprint density at radius 1 is 1.10 bits per heavy atom. The van der Waals surface area contributed by atoms with Crippen molar-refractivity contribution in [3.63, 3.8) is 0 Å². The molecule has 0 atom stereocenters. The third-order valence-corrected chi connectivity index (χ3v) is 4.25. The van der Waals surface area contributed by atoms with Gasteiger partial charge in [-0.2, -0.15) is 5.10 Å². The van der Waals surface area contributed by atoms with E-state index in [2.05, 4.69) is 10.1 Å². The van der Waals surface area contributed by atoms with Crippen molar-refractivity contribution in [1.29, 1.82) is 0 Å². The van der Waals surface area contributed by atoms with Gasteiger partial charge < -0.3 is 9.31 Å². The van der Waals surface area contributed by atoms with E-state index in [1.54, 1.807) is 6.20 Å². The zero-order chi connectivity index (χ0) is 15.3. The van der Waals surface area contributed by atoms with Crippen molar-refractivity contribution in [1.82, 2.24) is 14.8 Å². The molecule has 5 nitrogen and oxygen atoms in total. The summed E-state index contributed by atoms with van der Waals surface area (Å²) >= 11 is 0. The van der Waals surface area contributed by atoms with Gasteiger partial charge in [0, 0.05) is 12.4 Å². The summed E-state index contributed by atoms with van der Waals surface area (Å²) in [6, 6.07) is 5.84. The standard InChI is InChI=1S/C15H20BN3O2/c1-11-7-9-19(18-11)12-6-8-17-13(10-12)16-20-14(2,3)15(4,5)21-16/h6-10H,1-5H3. The van der Waals surface area contributed by atoms with E-state index in [0.29, 0.717) is 0 Å². The van der Waals surface area contributed by atoms with Crippen LogP contribution >= 0.6 is 0 Å². The lowest BCUT2D eigenvalue weighted by atomic mass is 9.84. The first-order valence-electron chi connectivity index (χ1n) is 7.13. The zero-order valence-electron chi connectivity index (χ0n) is 13.1. The minimum absolute atomic E-state index is 0.363. The van der Waals surface area contributed by atoms with Gasteiger partial charge in [-0.15, -0.1) is 0 Å². The molecule has 0 radical (unpaired) electrons. The Labute approximate surface area is 125 Å². The lowest BCUT2D eigenvalue weighted by molar-refractivity contribution is 0.00578. The molecule has 1 aliphatic rings. The number of aromatic nitrogens is 3. The van der Waals surface area contributed by atoms with Crippen LogP contribution in [-0.2, 0) is 9.31 Å². The molecule has 2 aromatic heterocycles. The number of hydrogen-bond donors (Lipinski definition) is 0. The van der Waals surface area contributed by atoms with Crippen molar-refractivity contribution in [2.45, 2.75) is 45.8 Å². The van der Waals surface area contributed by atoms with Crippen LogP contribution in [0.25, 0.3) is 5.69 Å². The maximum Gasteiger partial charge on any atom is 0.514 e. The fraction of sp³-hybridized carbons (Fsp3) is 0.467. The summed E-state index contributed by atoms with van der Waals surface area (Å²) in [6.45, 7) is 10.1. The number of rotatable bonds is 2. The third-order valence-electron chi connectivity index (χ3n) is 4.25. The normalized spacial score (nSPS) is 20.0. The van der Waals surface area contributed by atoms with Crippen LogP contribution in [0.15, 0.2) is 30.6 Å². The second-order valence-corrected chi connectivity index (χ2v) is 6.43. The molecule has 3 heterocycles. The van der Waals surface area contributed by atoms with Gasteiger partial charge in [-0.3, -0.25) is 4.98 Å². The van der Waals surface area contributed by atoms with Gasteiger partial charge in [-0.1, -0.05) is 0 Å². The van der Waals surface area contributed by atoms with Crippen molar-refractivity contribution in [3.8, 4) is 5.69 Å². The SMILES string of the molecule is Cc1ccn(-c2ccnc(B3OC(C)(C)C(C)(C)O3)c2)n1. The molecule has 21 heavy (non-hydrogen) atoms. The van der Waals surface area contributed by atoms with Crippen molar-refractivity contribution in [2.75, 3.05) is 0 Å². The van der Waals surface area contributed by atoms with Gasteiger partial charge >= 0.3 is 7.12 Å². The average molecular weight is 285 g/mol. The van der Waals surface area contributed by atoms with Gasteiger partial charge in [0.1, 0.15) is 0 Å². The summed E-state index contributed by atoms with van der Waals surface area (Å²) in [6.07, 6.45) is 3.69. The number of pyridine rings is 1. The monoisotopic (exact) mass is 285 g/mol. The largest absolute Gasteiger partial charge is 0.514 e. The van der Waals surface area contributed by atoms with Crippen LogP contribution in [0, 0.1) is 6.92 Å². The number of nitrogens with zero attached hydrogens (tertiary/aromatic N) is 3. The van der Waals surface area contributed by atoms with E-state index < -0.39 is 7.12 Å². The molecule has 0 N–H and O–H groups in total. The molecule has 2 aromatic rings. The van der Waals surface area contributed by atoms with Gasteiger partial charge in [-0.25, -0.2) is 4.68 Å². The molecule has 0 aromatic carbocycles. The topological polar surface area (TPSA) is 49.2 Å². The first kappa shape index (κ1) is 14.3. The molecule has 3 rings (SSSR count). The first-order valence-corrected chi connectivity index (χ1v) is 7.13. The molecule has 0 aliphatic carbocycles. The zero-order valence-corrected chi connectivity index (χ0v) is 13.1. The Balaban J connectivity index is 1.91. The van der Waals surface area contributed by atoms with Crippen LogP contribution < -0.4 is 5.59 Å². The Bertz CT molecular complexity index is 650. The van der Waals surface area contributed by atoms with E-state index >= 15 is 0 Å². The Morgan fingerprint density at radius 3 is 2.33 bits per heavy atom. The second-order valence-electron chi connectivity index (χ2n) is 6.43. The van der Waals surface area contributed by atoms with E-state index in [4.69, 9.17) is 9.31 Å². The summed E-state index contributed by atoms with van der Waals surface area (Å²) in [5, 5.41) is 4.41. The predicted octanol–water partition coefficient (Wildman–Crippen LogP) is 1.87. The van der Waals surface area contributed by atoms with Gasteiger partial charge in [0.05, 0.1) is 28.2 Å². The van der Waals surface area contributed by atoms with E-state index in [9.17, 15) is 0 Å². The maximum absolute atomic E-state index is 6.03. The first-order chi connectivity index (χ1) is 9.78.